The fourth-order valence-electron chi connectivity index (χ4n) is 3.10. The molecule has 12 nitrogen and oxygen atoms in total. The van der Waals surface area contributed by atoms with Gasteiger partial charge in [-0.3, -0.25) is 0 Å². The molecule has 0 aliphatic rings. The Hall–Kier alpha value is -3.57. The first-order valence-corrected chi connectivity index (χ1v) is 14.4. The van der Waals surface area contributed by atoms with Crippen molar-refractivity contribution >= 4 is 18.3 Å². The smallest absolute Gasteiger partial charge is 0.407 e. The van der Waals surface area contributed by atoms with E-state index in [0.29, 0.717) is 76.0 Å². The normalized spacial score (nSPS) is 11.6. The van der Waals surface area contributed by atoms with Gasteiger partial charge in [-0.1, -0.05) is 0 Å². The molecule has 0 atom stereocenters. The first-order chi connectivity index (χ1) is 19.4. The average molecular weight is 598 g/mol. The zero-order valence-electron chi connectivity index (χ0n) is 26.8. The largest absolute Gasteiger partial charge is 0.493 e. The van der Waals surface area contributed by atoms with Crippen molar-refractivity contribution in [3.63, 3.8) is 0 Å². The van der Waals surface area contributed by atoms with E-state index in [1.165, 1.54) is 0 Å². The zero-order valence-corrected chi connectivity index (χ0v) is 26.8. The number of benzene rings is 1. The second-order valence-electron chi connectivity index (χ2n) is 12.5. The van der Waals surface area contributed by atoms with Crippen LogP contribution < -0.4 is 30.2 Å². The van der Waals surface area contributed by atoms with Crippen LogP contribution in [0.15, 0.2) is 18.2 Å². The van der Waals surface area contributed by atoms with Crippen LogP contribution in [0.4, 0.5) is 14.4 Å². The molecule has 42 heavy (non-hydrogen) atoms. The number of amides is 3. The third kappa shape index (κ3) is 20.3. The molecule has 0 aromatic heterocycles. The Labute approximate surface area is 250 Å². The van der Waals surface area contributed by atoms with E-state index in [2.05, 4.69) is 16.0 Å². The summed E-state index contributed by atoms with van der Waals surface area (Å²) in [5.74, 6) is 1.62. The lowest BCUT2D eigenvalue weighted by atomic mass is 10.2. The van der Waals surface area contributed by atoms with Gasteiger partial charge in [0.05, 0.1) is 19.8 Å². The highest BCUT2D eigenvalue weighted by Gasteiger charge is 2.17. The van der Waals surface area contributed by atoms with Crippen molar-refractivity contribution in [2.45, 2.75) is 98.4 Å². The Balaban J connectivity index is 2.61. The van der Waals surface area contributed by atoms with Crippen LogP contribution in [-0.4, -0.2) is 74.5 Å². The first-order valence-electron chi connectivity index (χ1n) is 14.4. The third-order valence-electron chi connectivity index (χ3n) is 4.63. The maximum Gasteiger partial charge on any atom is 0.407 e. The van der Waals surface area contributed by atoms with Crippen molar-refractivity contribution in [1.82, 2.24) is 16.0 Å². The quantitative estimate of drug-likeness (QED) is 0.175. The van der Waals surface area contributed by atoms with Crippen molar-refractivity contribution in [2.75, 3.05) is 39.5 Å². The number of rotatable bonds is 15. The molecule has 0 unspecified atom stereocenters. The third-order valence-corrected chi connectivity index (χ3v) is 4.63. The Bertz CT molecular complexity index is 844. The van der Waals surface area contributed by atoms with Gasteiger partial charge in [0, 0.05) is 37.8 Å². The van der Waals surface area contributed by atoms with Crippen molar-refractivity contribution in [3.8, 4) is 17.2 Å². The topological polar surface area (TPSA) is 143 Å². The summed E-state index contributed by atoms with van der Waals surface area (Å²) in [6.07, 6.45) is 0.260. The highest BCUT2D eigenvalue weighted by atomic mass is 16.6. The van der Waals surface area contributed by atoms with Gasteiger partial charge in [-0.2, -0.15) is 0 Å². The second kappa shape index (κ2) is 17.4. The summed E-state index contributed by atoms with van der Waals surface area (Å²) < 4.78 is 33.3. The van der Waals surface area contributed by atoms with Gasteiger partial charge in [-0.25, -0.2) is 14.4 Å². The number of hydrogen-bond acceptors (Lipinski definition) is 9. The van der Waals surface area contributed by atoms with Gasteiger partial charge in [0.15, 0.2) is 0 Å². The number of ether oxygens (including phenoxy) is 6. The number of nitrogens with one attached hydrogen (secondary N) is 3. The molecule has 0 aliphatic heterocycles. The second-order valence-corrected chi connectivity index (χ2v) is 12.5. The predicted molar refractivity (Wildman–Crippen MR) is 159 cm³/mol. The summed E-state index contributed by atoms with van der Waals surface area (Å²) in [6, 6.07) is 5.25. The van der Waals surface area contributed by atoms with E-state index in [-0.39, 0.29) is 0 Å². The number of carbonyl (C=O) groups excluding carboxylic acids is 3. The van der Waals surface area contributed by atoms with E-state index in [1.54, 1.807) is 80.5 Å². The van der Waals surface area contributed by atoms with Gasteiger partial charge in [-0.15, -0.1) is 0 Å². The molecule has 0 spiro atoms. The molecule has 1 aromatic carbocycles. The van der Waals surface area contributed by atoms with Gasteiger partial charge in [0.2, 0.25) is 0 Å². The summed E-state index contributed by atoms with van der Waals surface area (Å²) in [4.78, 5) is 35.4. The van der Waals surface area contributed by atoms with E-state index >= 15 is 0 Å². The van der Waals surface area contributed by atoms with E-state index < -0.39 is 35.1 Å². The van der Waals surface area contributed by atoms with Gasteiger partial charge in [0.1, 0.15) is 34.1 Å². The Kier molecular flexibility index (Phi) is 15.1. The monoisotopic (exact) mass is 597 g/mol. The summed E-state index contributed by atoms with van der Waals surface area (Å²) in [7, 11) is 0. The van der Waals surface area contributed by atoms with Crippen molar-refractivity contribution in [2.24, 2.45) is 0 Å². The van der Waals surface area contributed by atoms with Crippen molar-refractivity contribution < 1.29 is 42.8 Å². The van der Waals surface area contributed by atoms with Crippen LogP contribution in [0.5, 0.6) is 17.2 Å². The summed E-state index contributed by atoms with van der Waals surface area (Å²) in [5, 5.41) is 8.10. The van der Waals surface area contributed by atoms with E-state index in [9.17, 15) is 14.4 Å². The Morgan fingerprint density at radius 2 is 0.738 bits per heavy atom. The standard InChI is InChI=1S/C30H51N3O9/c1-28(2,3)40-25(34)31-13-10-16-37-22-19-23(38-17-11-14-32-26(35)41-29(4,5)6)21-24(20-22)39-18-12-15-33-27(36)42-30(7,8)9/h19-21H,10-18H2,1-9H3,(H,31,34)(H,32,35)(H,33,36). The minimum absolute atomic E-state index is 0.346. The van der Waals surface area contributed by atoms with Crippen molar-refractivity contribution in [3.05, 3.63) is 18.2 Å². The minimum Gasteiger partial charge on any atom is -0.493 e. The Morgan fingerprint density at radius 3 is 0.952 bits per heavy atom. The molecule has 0 bridgehead atoms. The predicted octanol–water partition coefficient (Wildman–Crippen LogP) is 5.57. The molecule has 1 aromatic rings. The molecule has 3 N–H and O–H groups in total. The van der Waals surface area contributed by atoms with Gasteiger partial charge >= 0.3 is 18.3 Å². The van der Waals surface area contributed by atoms with Crippen LogP contribution in [0.2, 0.25) is 0 Å². The first kappa shape index (κ1) is 36.5. The SMILES string of the molecule is CC(C)(C)OC(=O)NCCCOc1cc(OCCCNC(=O)OC(C)(C)C)cc(OCCCNC(=O)OC(C)(C)C)c1. The van der Waals surface area contributed by atoms with Gasteiger partial charge in [-0.05, 0) is 81.6 Å². The van der Waals surface area contributed by atoms with Crippen LogP contribution in [-0.2, 0) is 14.2 Å². The lowest BCUT2D eigenvalue weighted by Gasteiger charge is -2.19. The van der Waals surface area contributed by atoms with E-state index in [0.717, 1.165) is 0 Å². The number of alkyl carbamates (subject to hydrolysis) is 3. The summed E-state index contributed by atoms with van der Waals surface area (Å²) in [5.41, 5.74) is -1.68. The van der Waals surface area contributed by atoms with Gasteiger partial charge < -0.3 is 44.4 Å². The summed E-state index contributed by atoms with van der Waals surface area (Å²) >= 11 is 0. The molecule has 240 valence electrons. The fraction of sp³-hybridized carbons (Fsp3) is 0.700. The highest BCUT2D eigenvalue weighted by molar-refractivity contribution is 5.68. The molecule has 12 heteroatoms. The molecule has 0 heterocycles. The van der Waals surface area contributed by atoms with Crippen LogP contribution in [0.25, 0.3) is 0 Å². The Morgan fingerprint density at radius 1 is 0.500 bits per heavy atom. The zero-order chi connectivity index (χ0) is 31.8. The van der Waals surface area contributed by atoms with Crippen LogP contribution in [0, 0.1) is 0 Å². The van der Waals surface area contributed by atoms with Crippen molar-refractivity contribution in [1.29, 1.82) is 0 Å². The van der Waals surface area contributed by atoms with E-state index in [4.69, 9.17) is 28.4 Å². The maximum absolute atomic E-state index is 11.8. The molecule has 0 aliphatic carbocycles. The molecular weight excluding hydrogens is 546 g/mol. The number of carbonyl (C=O) groups is 3. The average Bonchev–Trinajstić information content (AvgIpc) is 2.80. The maximum atomic E-state index is 11.8. The molecule has 0 saturated carbocycles. The molecule has 0 radical (unpaired) electrons. The molecular formula is C30H51N3O9. The van der Waals surface area contributed by atoms with Crippen LogP contribution in [0.3, 0.4) is 0 Å². The lowest BCUT2D eigenvalue weighted by Crippen LogP contribution is -2.33. The van der Waals surface area contributed by atoms with Gasteiger partial charge in [0.25, 0.3) is 0 Å². The molecule has 0 saturated heterocycles. The molecule has 3 amide bonds. The molecule has 0 fully saturated rings. The lowest BCUT2D eigenvalue weighted by molar-refractivity contribution is 0.0514. The molecule has 1 rings (SSSR count). The van der Waals surface area contributed by atoms with Crippen LogP contribution in [0.1, 0.15) is 81.6 Å². The van der Waals surface area contributed by atoms with Crippen LogP contribution >= 0.6 is 0 Å². The minimum atomic E-state index is -0.561. The fourth-order valence-corrected chi connectivity index (χ4v) is 3.10. The summed E-state index contributed by atoms with van der Waals surface area (Å²) in [6.45, 7) is 18.5. The number of hydrogen-bond donors (Lipinski definition) is 3. The van der Waals surface area contributed by atoms with E-state index in [1.807, 2.05) is 0 Å². The highest BCUT2D eigenvalue weighted by Crippen LogP contribution is 2.28.